The number of aliphatic hydroxyl groups excluding tert-OH is 1. The Bertz CT molecular complexity index is 1530. The summed E-state index contributed by atoms with van der Waals surface area (Å²) in [5, 5.41) is 56.6. The van der Waals surface area contributed by atoms with Crippen molar-refractivity contribution in [1.29, 1.82) is 0 Å². The summed E-state index contributed by atoms with van der Waals surface area (Å²) in [6.07, 6.45) is -6.43. The molecule has 1 fully saturated rings. The van der Waals surface area contributed by atoms with E-state index in [1.807, 2.05) is 0 Å². The molecule has 1 aliphatic heterocycles. The highest BCUT2D eigenvalue weighted by Crippen LogP contribution is 2.52. The first-order chi connectivity index (χ1) is 19.9. The molecule has 0 saturated carbocycles. The number of phenolic OH excluding ortho intramolecular Hbond substituents is 2. The third-order valence-electron chi connectivity index (χ3n) is 7.77. The van der Waals surface area contributed by atoms with E-state index in [1.165, 1.54) is 31.2 Å². The number of carbonyl (C=O) groups excluding carboxylic acids is 3. The van der Waals surface area contributed by atoms with Gasteiger partial charge in [0.15, 0.2) is 23.6 Å². The molecule has 11 nitrogen and oxygen atoms in total. The number of carbonyl (C=O) groups is 3. The van der Waals surface area contributed by atoms with Crippen molar-refractivity contribution in [3.05, 3.63) is 57.6 Å². The van der Waals surface area contributed by atoms with Gasteiger partial charge in [-0.3, -0.25) is 14.4 Å². The normalized spacial score (nSPS) is 32.2. The summed E-state index contributed by atoms with van der Waals surface area (Å²) in [7, 11) is 0. The van der Waals surface area contributed by atoms with Crippen molar-refractivity contribution in [1.82, 2.24) is 5.32 Å². The molecular formula is C28H31NO10. The van der Waals surface area contributed by atoms with Crippen LogP contribution in [0.1, 0.15) is 81.2 Å². The van der Waals surface area contributed by atoms with Gasteiger partial charge in [0.25, 0.3) is 0 Å². The van der Waals surface area contributed by atoms with E-state index in [0.29, 0.717) is 0 Å². The van der Waals surface area contributed by atoms with Crippen LogP contribution in [0.3, 0.4) is 0 Å². The molecule has 0 amide bonds. The molecule has 0 spiro atoms. The molecule has 2 aliphatic carbocycles. The predicted octanol–water partition coefficient (Wildman–Crippen LogP) is 0.644. The van der Waals surface area contributed by atoms with Crippen molar-refractivity contribution in [2.45, 2.75) is 69.4 Å². The number of fused-ring (bicyclic) bond motifs is 3. The van der Waals surface area contributed by atoms with Crippen molar-refractivity contribution >= 4 is 17.3 Å². The van der Waals surface area contributed by atoms with Gasteiger partial charge in [-0.05, 0) is 13.8 Å². The number of benzene rings is 2. The molecule has 0 radical (unpaired) electrons. The van der Waals surface area contributed by atoms with Crippen LogP contribution >= 0.6 is 0 Å². The van der Waals surface area contributed by atoms with Crippen LogP contribution in [0.4, 0.5) is 0 Å². The van der Waals surface area contributed by atoms with E-state index in [4.69, 9.17) is 15.0 Å². The smallest absolute Gasteiger partial charge is 0.198 e. The highest BCUT2D eigenvalue weighted by atomic mass is 16.7. The Morgan fingerprint density at radius 3 is 2.38 bits per heavy atom. The molecule has 6 N–H and O–H groups in total. The summed E-state index contributed by atoms with van der Waals surface area (Å²) in [5.41, 5.74) is -3.39. The Kier molecular flexibility index (Phi) is 5.85. The van der Waals surface area contributed by atoms with Crippen molar-refractivity contribution in [2.75, 3.05) is 13.1 Å². The van der Waals surface area contributed by atoms with Crippen LogP contribution in [0, 0.1) is 0 Å². The number of nitrogens with one attached hydrogen (secondary N) is 1. The van der Waals surface area contributed by atoms with E-state index in [0.717, 1.165) is 6.92 Å². The molecule has 11 heteroatoms. The minimum Gasteiger partial charge on any atom is -0.507 e. The molecule has 39 heavy (non-hydrogen) atoms. The van der Waals surface area contributed by atoms with Crippen LogP contribution in [0.5, 0.6) is 11.5 Å². The average molecular weight is 546 g/mol. The third-order valence-corrected chi connectivity index (χ3v) is 7.77. The number of phenols is 2. The van der Waals surface area contributed by atoms with Gasteiger partial charge in [-0.1, -0.05) is 24.3 Å². The predicted molar refractivity (Wildman–Crippen MR) is 135 cm³/mol. The number of hydrogen-bond acceptors (Lipinski definition) is 11. The number of aliphatic hydroxyl groups is 3. The first-order valence-corrected chi connectivity index (χ1v) is 12.4. The maximum atomic E-state index is 13.5. The van der Waals surface area contributed by atoms with Crippen LogP contribution in [-0.2, 0) is 20.7 Å². The van der Waals surface area contributed by atoms with E-state index in [2.05, 4.69) is 5.32 Å². The van der Waals surface area contributed by atoms with Gasteiger partial charge in [0.1, 0.15) is 17.1 Å². The first kappa shape index (κ1) is 22.6. The average Bonchev–Trinajstić information content (AvgIpc) is 2.91. The molecular weight excluding hydrogens is 510 g/mol. The molecule has 6 atom stereocenters. The number of hydrogen-bond donors (Lipinski definition) is 6. The van der Waals surface area contributed by atoms with Crippen LogP contribution < -0.4 is 5.32 Å². The van der Waals surface area contributed by atoms with E-state index in [-0.39, 0.29) is 28.7 Å². The molecule has 0 bridgehead atoms. The van der Waals surface area contributed by atoms with Crippen molar-refractivity contribution in [3.63, 3.8) is 0 Å². The highest BCUT2D eigenvalue weighted by Gasteiger charge is 2.49. The zero-order valence-corrected chi connectivity index (χ0v) is 21.1. The second-order valence-electron chi connectivity index (χ2n) is 10.1. The Morgan fingerprint density at radius 2 is 1.79 bits per heavy atom. The second kappa shape index (κ2) is 10.1. The molecule has 5 rings (SSSR count). The molecule has 1 unspecified atom stereocenters. The third kappa shape index (κ3) is 4.45. The van der Waals surface area contributed by atoms with Crippen LogP contribution in [0.2, 0.25) is 0 Å². The summed E-state index contributed by atoms with van der Waals surface area (Å²) < 4.78 is 42.2. The van der Waals surface area contributed by atoms with Gasteiger partial charge in [0, 0.05) is 56.8 Å². The van der Waals surface area contributed by atoms with Crippen molar-refractivity contribution < 1.29 is 54.9 Å². The number of rotatable bonds is 6. The topological polar surface area (TPSA) is 183 Å². The Labute approximate surface area is 229 Å². The summed E-state index contributed by atoms with van der Waals surface area (Å²) in [4.78, 5) is 39.4. The Balaban J connectivity index is 1.57. The largest absolute Gasteiger partial charge is 0.507 e. The molecule has 0 aromatic heterocycles. The van der Waals surface area contributed by atoms with E-state index < -0.39 is 102 Å². The number of ether oxygens (including phenoxy) is 2. The fourth-order valence-electron chi connectivity index (χ4n) is 5.66. The number of Topliss-reactive ketones (excluding diaryl/α,β-unsaturated/α-hetero) is 1. The van der Waals surface area contributed by atoms with E-state index in [1.54, 1.807) is 0 Å². The standard InChI is InChI=1S/C28H31NO10/c1-12-23(32)17(29-7-8-30)9-19(38-12)39-18-11-28(37,13(2)31)10-16-20(18)27(36)22-21(26(16)35)24(33)14-5-3-4-6-15(14)25(22)34/h3-6,12,17-19,23,29-30,32,35-37H,7-11H2,1-2H3/t12-,17-,18?,19-,23+,28-/m0/s1/i7D2,8D2. The zero-order valence-electron chi connectivity index (χ0n) is 25.1. The van der Waals surface area contributed by atoms with Gasteiger partial charge >= 0.3 is 0 Å². The van der Waals surface area contributed by atoms with Gasteiger partial charge in [-0.15, -0.1) is 0 Å². The minimum atomic E-state index is -3.32. The van der Waals surface area contributed by atoms with Gasteiger partial charge in [0.2, 0.25) is 0 Å². The van der Waals surface area contributed by atoms with Crippen LogP contribution in [-0.4, -0.2) is 86.1 Å². The molecule has 2 aromatic carbocycles. The monoisotopic (exact) mass is 545 g/mol. The van der Waals surface area contributed by atoms with E-state index in [9.17, 15) is 39.9 Å². The lowest BCUT2D eigenvalue weighted by atomic mass is 9.72. The van der Waals surface area contributed by atoms with Gasteiger partial charge in [-0.2, -0.15) is 0 Å². The zero-order chi connectivity index (χ0) is 31.8. The van der Waals surface area contributed by atoms with Crippen molar-refractivity contribution in [3.8, 4) is 11.5 Å². The quantitative estimate of drug-likeness (QED) is 0.239. The lowest BCUT2D eigenvalue weighted by Crippen LogP contribution is -2.55. The molecule has 1 saturated heterocycles. The van der Waals surface area contributed by atoms with Gasteiger partial charge in [-0.25, -0.2) is 0 Å². The Hall–Kier alpha value is -3.19. The summed E-state index contributed by atoms with van der Waals surface area (Å²) in [6.45, 7) is -3.78. The number of ketones is 3. The summed E-state index contributed by atoms with van der Waals surface area (Å²) in [5.74, 6) is -3.56. The SMILES string of the molecule is [2H]C([2H])(O)C([2H])([2H])N[C@H]1C[C@H](OC2C[C@](O)(C(C)=O)Cc3c(O)c4c(c(O)c32)C(=O)c2ccccc2C4=O)O[C@@H](C)[C@H]1O. The highest BCUT2D eigenvalue weighted by molar-refractivity contribution is 6.30. The molecule has 2 aromatic rings. The van der Waals surface area contributed by atoms with Crippen molar-refractivity contribution in [2.24, 2.45) is 0 Å². The summed E-state index contributed by atoms with van der Waals surface area (Å²) in [6, 6.07) is 4.65. The fraction of sp³-hybridized carbons (Fsp3) is 0.464. The van der Waals surface area contributed by atoms with E-state index >= 15 is 0 Å². The first-order valence-electron chi connectivity index (χ1n) is 14.4. The lowest BCUT2D eigenvalue weighted by molar-refractivity contribution is -0.249. The Morgan fingerprint density at radius 1 is 1.18 bits per heavy atom. The lowest BCUT2D eigenvalue weighted by Gasteiger charge is -2.42. The molecule has 208 valence electrons. The van der Waals surface area contributed by atoms with Gasteiger partial charge in [0.05, 0.1) is 38.7 Å². The summed E-state index contributed by atoms with van der Waals surface area (Å²) >= 11 is 0. The minimum absolute atomic E-state index is 0.00790. The van der Waals surface area contributed by atoms with Crippen LogP contribution in [0.15, 0.2) is 24.3 Å². The number of aromatic hydroxyl groups is 2. The molecule has 1 heterocycles. The fourth-order valence-corrected chi connectivity index (χ4v) is 5.66. The second-order valence-corrected chi connectivity index (χ2v) is 10.1. The molecule has 3 aliphatic rings. The maximum absolute atomic E-state index is 13.5. The van der Waals surface area contributed by atoms with Gasteiger partial charge < -0.3 is 40.3 Å². The maximum Gasteiger partial charge on any atom is 0.198 e. The van der Waals surface area contributed by atoms with Crippen LogP contribution in [0.25, 0.3) is 0 Å².